The van der Waals surface area contributed by atoms with Crippen molar-refractivity contribution < 1.29 is 4.79 Å². The van der Waals surface area contributed by atoms with Crippen molar-refractivity contribution in [2.45, 2.75) is 44.6 Å². The largest absolute Gasteiger partial charge is 0.369 e. The lowest BCUT2D eigenvalue weighted by molar-refractivity contribution is -0.133. The molecule has 0 radical (unpaired) electrons. The second-order valence-corrected chi connectivity index (χ2v) is 8.80. The van der Waals surface area contributed by atoms with Crippen molar-refractivity contribution in [1.82, 2.24) is 30.0 Å². The summed E-state index contributed by atoms with van der Waals surface area (Å²) in [5.41, 5.74) is 0.510. The molecule has 2 saturated heterocycles. The number of aromatic nitrogens is 4. The van der Waals surface area contributed by atoms with Crippen molar-refractivity contribution in [3.63, 3.8) is 0 Å². The lowest BCUT2D eigenvalue weighted by Gasteiger charge is -2.26. The van der Waals surface area contributed by atoms with Gasteiger partial charge in [0.1, 0.15) is 10.3 Å². The van der Waals surface area contributed by atoms with Crippen LogP contribution in [0.3, 0.4) is 0 Å². The van der Waals surface area contributed by atoms with Crippen molar-refractivity contribution in [2.75, 3.05) is 43.4 Å². The van der Waals surface area contributed by atoms with E-state index >= 15 is 0 Å². The molecule has 31 heavy (non-hydrogen) atoms. The van der Waals surface area contributed by atoms with Gasteiger partial charge in [0.2, 0.25) is 11.9 Å². The van der Waals surface area contributed by atoms with Crippen LogP contribution in [0.15, 0.2) is 21.7 Å². The SMILES string of the molecule is O=C1CCCCN1CCCNc1nc(Nc2cnn(C3CCNCC3)c2)[nH]c(=O)c1Br. The smallest absolute Gasteiger partial charge is 0.268 e. The maximum absolute atomic E-state index is 12.3. The molecule has 1 amide bonds. The van der Waals surface area contributed by atoms with Gasteiger partial charge in [0.25, 0.3) is 5.56 Å². The van der Waals surface area contributed by atoms with Crippen LogP contribution < -0.4 is 21.5 Å². The third kappa shape index (κ3) is 5.65. The Morgan fingerprint density at radius 1 is 1.23 bits per heavy atom. The zero-order valence-electron chi connectivity index (χ0n) is 17.5. The Bertz CT molecular complexity index is 953. The lowest BCUT2D eigenvalue weighted by atomic mass is 10.1. The molecular weight excluding hydrogens is 464 g/mol. The number of anilines is 3. The summed E-state index contributed by atoms with van der Waals surface area (Å²) in [6.45, 7) is 4.16. The lowest BCUT2D eigenvalue weighted by Crippen LogP contribution is -2.36. The van der Waals surface area contributed by atoms with Gasteiger partial charge in [-0.15, -0.1) is 0 Å². The predicted molar refractivity (Wildman–Crippen MR) is 123 cm³/mol. The molecule has 2 aliphatic rings. The van der Waals surface area contributed by atoms with Crippen LogP contribution in [-0.4, -0.2) is 63.3 Å². The van der Waals surface area contributed by atoms with Gasteiger partial charge in [0.15, 0.2) is 0 Å². The normalized spacial score (nSPS) is 17.7. The monoisotopic (exact) mass is 492 g/mol. The number of carbonyl (C=O) groups is 1. The van der Waals surface area contributed by atoms with Crippen LogP contribution in [0.2, 0.25) is 0 Å². The molecule has 0 bridgehead atoms. The molecule has 0 atom stereocenters. The molecule has 168 valence electrons. The van der Waals surface area contributed by atoms with Gasteiger partial charge in [-0.25, -0.2) is 0 Å². The Hall–Kier alpha value is -2.40. The summed E-state index contributed by atoms with van der Waals surface area (Å²) in [4.78, 5) is 33.4. The second kappa shape index (κ2) is 10.3. The molecule has 0 spiro atoms. The zero-order chi connectivity index (χ0) is 21.6. The summed E-state index contributed by atoms with van der Waals surface area (Å²) in [5.74, 6) is 1.06. The van der Waals surface area contributed by atoms with E-state index in [1.165, 1.54) is 0 Å². The Balaban J connectivity index is 1.34. The summed E-state index contributed by atoms with van der Waals surface area (Å²) >= 11 is 3.31. The Labute approximate surface area is 189 Å². The van der Waals surface area contributed by atoms with E-state index in [-0.39, 0.29) is 11.5 Å². The number of piperidine rings is 2. The van der Waals surface area contributed by atoms with Crippen molar-refractivity contribution in [3.05, 3.63) is 27.2 Å². The van der Waals surface area contributed by atoms with Gasteiger partial charge in [-0.05, 0) is 61.1 Å². The van der Waals surface area contributed by atoms with E-state index < -0.39 is 0 Å². The molecule has 0 unspecified atom stereocenters. The van der Waals surface area contributed by atoms with E-state index in [0.29, 0.717) is 41.8 Å². The van der Waals surface area contributed by atoms with Crippen molar-refractivity contribution in [3.8, 4) is 0 Å². The quantitative estimate of drug-likeness (QED) is 0.417. The fourth-order valence-corrected chi connectivity index (χ4v) is 4.35. The first-order chi connectivity index (χ1) is 15.1. The van der Waals surface area contributed by atoms with Crippen molar-refractivity contribution in [1.29, 1.82) is 0 Å². The standard InChI is InChI=1S/C20H29BrN8O2/c21-17-18(23-7-3-11-28-10-2-1-4-16(28)30)26-20(27-19(17)31)25-14-12-24-29(13-14)15-5-8-22-9-6-15/h12-13,15,22H,1-11H2,(H3,23,25,26,27,31). The Kier molecular flexibility index (Phi) is 7.23. The summed E-state index contributed by atoms with van der Waals surface area (Å²) in [7, 11) is 0. The highest BCUT2D eigenvalue weighted by Gasteiger charge is 2.18. The van der Waals surface area contributed by atoms with E-state index in [1.54, 1.807) is 6.20 Å². The summed E-state index contributed by atoms with van der Waals surface area (Å²) < 4.78 is 2.33. The molecular formula is C20H29BrN8O2. The third-order valence-corrected chi connectivity index (χ3v) is 6.46. The third-order valence-electron chi connectivity index (χ3n) is 5.73. The first kappa shape index (κ1) is 21.8. The number of halogens is 1. The molecule has 11 heteroatoms. The Morgan fingerprint density at radius 2 is 2.06 bits per heavy atom. The number of amides is 1. The number of nitrogens with zero attached hydrogens (tertiary/aromatic N) is 4. The molecule has 2 aromatic heterocycles. The van der Waals surface area contributed by atoms with Gasteiger partial charge in [0, 0.05) is 32.3 Å². The molecule has 4 rings (SSSR count). The highest BCUT2D eigenvalue weighted by Crippen LogP contribution is 2.22. The molecule has 4 N–H and O–H groups in total. The maximum Gasteiger partial charge on any atom is 0.268 e. The summed E-state index contributed by atoms with van der Waals surface area (Å²) in [6, 6.07) is 0.387. The van der Waals surface area contributed by atoms with Crippen LogP contribution in [0.5, 0.6) is 0 Å². The van der Waals surface area contributed by atoms with E-state index in [0.717, 1.165) is 57.4 Å². The molecule has 0 aliphatic carbocycles. The maximum atomic E-state index is 12.3. The average Bonchev–Trinajstić information content (AvgIpc) is 3.24. The fourth-order valence-electron chi connectivity index (χ4n) is 4.02. The number of H-pyrrole nitrogens is 1. The summed E-state index contributed by atoms with van der Waals surface area (Å²) in [6.07, 6.45) is 9.29. The van der Waals surface area contributed by atoms with Crippen molar-refractivity contribution in [2.24, 2.45) is 0 Å². The molecule has 0 saturated carbocycles. The number of rotatable bonds is 8. The molecule has 10 nitrogen and oxygen atoms in total. The fraction of sp³-hybridized carbons (Fsp3) is 0.600. The molecule has 0 aromatic carbocycles. The van der Waals surface area contributed by atoms with E-state index in [1.807, 2.05) is 15.8 Å². The first-order valence-electron chi connectivity index (χ1n) is 10.9. The van der Waals surface area contributed by atoms with Crippen LogP contribution in [-0.2, 0) is 4.79 Å². The molecule has 2 aromatic rings. The van der Waals surface area contributed by atoms with E-state index in [9.17, 15) is 9.59 Å². The highest BCUT2D eigenvalue weighted by molar-refractivity contribution is 9.10. The van der Waals surface area contributed by atoms with Gasteiger partial charge in [0.05, 0.1) is 17.9 Å². The minimum absolute atomic E-state index is 0.234. The van der Waals surface area contributed by atoms with E-state index in [2.05, 4.69) is 46.9 Å². The number of aromatic amines is 1. The molecule has 2 fully saturated rings. The van der Waals surface area contributed by atoms with Crippen LogP contribution >= 0.6 is 15.9 Å². The van der Waals surface area contributed by atoms with Gasteiger partial charge < -0.3 is 20.9 Å². The van der Waals surface area contributed by atoms with Gasteiger partial charge in [-0.1, -0.05) is 0 Å². The topological polar surface area (TPSA) is 120 Å². The van der Waals surface area contributed by atoms with Crippen LogP contribution in [0.4, 0.5) is 17.5 Å². The zero-order valence-corrected chi connectivity index (χ0v) is 19.1. The highest BCUT2D eigenvalue weighted by atomic mass is 79.9. The minimum Gasteiger partial charge on any atom is -0.369 e. The number of hydrogen-bond donors (Lipinski definition) is 4. The Morgan fingerprint density at radius 3 is 2.87 bits per heavy atom. The first-order valence-corrected chi connectivity index (χ1v) is 11.7. The average molecular weight is 493 g/mol. The van der Waals surface area contributed by atoms with Gasteiger partial charge >= 0.3 is 0 Å². The number of likely N-dealkylation sites (tertiary alicyclic amines) is 1. The van der Waals surface area contributed by atoms with Crippen molar-refractivity contribution >= 4 is 39.3 Å². The van der Waals surface area contributed by atoms with Gasteiger partial charge in [-0.2, -0.15) is 10.1 Å². The van der Waals surface area contributed by atoms with Crippen LogP contribution in [0, 0.1) is 0 Å². The number of carbonyl (C=O) groups excluding carboxylic acids is 1. The number of nitrogens with one attached hydrogen (secondary N) is 4. The molecule has 2 aliphatic heterocycles. The minimum atomic E-state index is -0.267. The van der Waals surface area contributed by atoms with Crippen LogP contribution in [0.25, 0.3) is 0 Å². The van der Waals surface area contributed by atoms with Crippen LogP contribution in [0.1, 0.15) is 44.6 Å². The number of hydrogen-bond acceptors (Lipinski definition) is 7. The van der Waals surface area contributed by atoms with Gasteiger partial charge in [-0.3, -0.25) is 19.3 Å². The molecule has 4 heterocycles. The predicted octanol–water partition coefficient (Wildman–Crippen LogP) is 2.21. The second-order valence-electron chi connectivity index (χ2n) is 8.01. The van der Waals surface area contributed by atoms with E-state index in [4.69, 9.17) is 0 Å². The summed E-state index contributed by atoms with van der Waals surface area (Å²) in [5, 5.41) is 14.2.